The quantitative estimate of drug-likeness (QED) is 0.250. The van der Waals surface area contributed by atoms with Crippen molar-refractivity contribution in [2.24, 2.45) is 17.1 Å². The molecule has 47 heavy (non-hydrogen) atoms. The summed E-state index contributed by atoms with van der Waals surface area (Å²) in [6, 6.07) is 7.07. The molecule has 10 nitrogen and oxygen atoms in total. The van der Waals surface area contributed by atoms with Gasteiger partial charge in [-0.2, -0.15) is 0 Å². The molecule has 1 aliphatic heterocycles. The molecule has 10 heteroatoms. The number of nitrogens with two attached hydrogens (primary N) is 1. The average molecular weight is 652 g/mol. The van der Waals surface area contributed by atoms with E-state index in [4.69, 9.17) is 5.73 Å². The fraction of sp³-hybridized carbons (Fsp3) is 0.703. The first-order chi connectivity index (χ1) is 22.4. The zero-order valence-electron chi connectivity index (χ0n) is 28.8. The average Bonchev–Trinajstić information content (AvgIpc) is 3.44. The zero-order valence-corrected chi connectivity index (χ0v) is 28.8. The predicted octanol–water partition coefficient (Wildman–Crippen LogP) is 4.93. The first-order valence-corrected chi connectivity index (χ1v) is 18.0. The zero-order chi connectivity index (χ0) is 34.0. The summed E-state index contributed by atoms with van der Waals surface area (Å²) in [5.74, 6) is -2.42. The number of primary amides is 1. The maximum Gasteiger partial charge on any atom is 0.315 e. The third-order valence-electron chi connectivity index (χ3n) is 10.2. The highest BCUT2D eigenvalue weighted by Gasteiger charge is 2.44. The molecule has 0 spiro atoms. The smallest absolute Gasteiger partial charge is 0.315 e. The fourth-order valence-electron chi connectivity index (χ4n) is 7.33. The van der Waals surface area contributed by atoms with Gasteiger partial charge in [-0.1, -0.05) is 115 Å². The van der Waals surface area contributed by atoms with E-state index in [0.717, 1.165) is 56.9 Å². The molecular weight excluding hydrogens is 594 g/mol. The molecule has 1 aromatic carbocycles. The lowest BCUT2D eigenvalue weighted by Gasteiger charge is -2.40. The van der Waals surface area contributed by atoms with Gasteiger partial charge in [0, 0.05) is 12.1 Å². The molecule has 4 aliphatic rings. The first kappa shape index (κ1) is 36.4. The number of nitrogens with one attached hydrogen (secondary N) is 3. The van der Waals surface area contributed by atoms with Crippen LogP contribution in [0, 0.1) is 11.3 Å². The van der Waals surface area contributed by atoms with E-state index in [0.29, 0.717) is 25.8 Å². The Morgan fingerprint density at radius 1 is 0.851 bits per heavy atom. The molecule has 1 heterocycles. The molecule has 3 saturated carbocycles. The minimum absolute atomic E-state index is 0.280. The number of carbonyl (C=O) groups is 5. The number of nitrogens with zero attached hydrogens (tertiary/aromatic N) is 1. The summed E-state index contributed by atoms with van der Waals surface area (Å²) in [4.78, 5) is 66.4. The van der Waals surface area contributed by atoms with E-state index in [9.17, 15) is 24.0 Å². The Bertz CT molecular complexity index is 1220. The number of likely N-dealkylation sites (tertiary alicyclic amines) is 1. The van der Waals surface area contributed by atoms with Gasteiger partial charge in [-0.25, -0.2) is 4.79 Å². The summed E-state index contributed by atoms with van der Waals surface area (Å²) >= 11 is 0. The number of hydrogen-bond donors (Lipinski definition) is 4. The molecule has 4 fully saturated rings. The normalized spacial score (nSPS) is 21.9. The monoisotopic (exact) mass is 651 g/mol. The molecule has 260 valence electrons. The maximum atomic E-state index is 14.0. The Morgan fingerprint density at radius 3 is 2.00 bits per heavy atom. The molecule has 3 atom stereocenters. The molecule has 5 N–H and O–H groups in total. The van der Waals surface area contributed by atoms with Gasteiger partial charge in [-0.05, 0) is 55.4 Å². The molecule has 5 amide bonds. The van der Waals surface area contributed by atoms with Crippen LogP contribution in [0.3, 0.4) is 0 Å². The topological polar surface area (TPSA) is 151 Å². The number of hydrogen-bond acceptors (Lipinski definition) is 5. The molecule has 1 saturated heterocycles. The summed E-state index contributed by atoms with van der Waals surface area (Å²) < 4.78 is 0. The van der Waals surface area contributed by atoms with Crippen LogP contribution in [0.15, 0.2) is 30.3 Å². The second-order valence-corrected chi connectivity index (χ2v) is 15.3. The van der Waals surface area contributed by atoms with Crippen molar-refractivity contribution < 1.29 is 24.0 Å². The summed E-state index contributed by atoms with van der Waals surface area (Å²) in [5.41, 5.74) is 5.37. The van der Waals surface area contributed by atoms with Crippen molar-refractivity contribution >= 4 is 29.5 Å². The number of carbonyl (C=O) groups excluding carboxylic acids is 5. The summed E-state index contributed by atoms with van der Waals surface area (Å²) in [6.45, 7) is 6.03. The van der Waals surface area contributed by atoms with Crippen LogP contribution < -0.4 is 21.7 Å². The standard InChI is InChI=1S/C32H47N5O5.C5H10/c1-31(2,3)26(35-30(42)36-32(16-8-5-9-17-32)20-22-11-6-4-7-12-22)29(41)37-18-10-13-24(37)28(40)34-23(19-21-14-15-21)25(38)27(33)39;1-2-4-5-3-1/h4,6-7,11-12,21,23-24,26H,5,8-10,13-20H2,1-3H3,(H2,33,39)(H,34,40)(H2,35,36,42);1-5H2. The lowest BCUT2D eigenvalue weighted by atomic mass is 9.77. The number of rotatable bonds is 11. The van der Waals surface area contributed by atoms with E-state index in [1.54, 1.807) is 0 Å². The van der Waals surface area contributed by atoms with Crippen LogP contribution in [0.5, 0.6) is 0 Å². The highest BCUT2D eigenvalue weighted by Crippen LogP contribution is 2.34. The third-order valence-corrected chi connectivity index (χ3v) is 10.2. The van der Waals surface area contributed by atoms with Crippen LogP contribution in [0.4, 0.5) is 4.79 Å². The van der Waals surface area contributed by atoms with E-state index in [1.165, 1.54) is 37.0 Å². The molecular formula is C37H57N5O5. The lowest BCUT2D eigenvalue weighted by molar-refractivity contribution is -0.143. The summed E-state index contributed by atoms with van der Waals surface area (Å²) in [6.07, 6.45) is 16.4. The molecule has 0 radical (unpaired) electrons. The van der Waals surface area contributed by atoms with Gasteiger partial charge in [0.25, 0.3) is 5.91 Å². The van der Waals surface area contributed by atoms with E-state index in [1.807, 2.05) is 39.0 Å². The second kappa shape index (κ2) is 16.6. The predicted molar refractivity (Wildman–Crippen MR) is 182 cm³/mol. The van der Waals surface area contributed by atoms with Crippen LogP contribution in [-0.2, 0) is 25.6 Å². The number of urea groups is 1. The van der Waals surface area contributed by atoms with E-state index < -0.39 is 52.7 Å². The van der Waals surface area contributed by atoms with E-state index in [2.05, 4.69) is 28.1 Å². The van der Waals surface area contributed by atoms with Gasteiger partial charge in [0.05, 0.1) is 6.04 Å². The van der Waals surface area contributed by atoms with E-state index in [-0.39, 0.29) is 11.8 Å². The Kier molecular flexibility index (Phi) is 12.9. The van der Waals surface area contributed by atoms with Crippen LogP contribution in [0.25, 0.3) is 0 Å². The first-order valence-electron chi connectivity index (χ1n) is 18.0. The summed E-state index contributed by atoms with van der Waals surface area (Å²) in [5, 5.41) is 8.94. The van der Waals surface area contributed by atoms with E-state index >= 15 is 0 Å². The minimum atomic E-state index is -1.08. The lowest BCUT2D eigenvalue weighted by Crippen LogP contribution is -2.62. The van der Waals surface area contributed by atoms with Crippen molar-refractivity contribution in [1.82, 2.24) is 20.9 Å². The SMILES string of the molecule is C1CCCC1.CC(C)(C)C(NC(=O)NC1(Cc2ccccc2)CCCCC1)C(=O)N1CCCC1C(=O)NC(CC1CC1)C(=O)C(N)=O. The highest BCUT2D eigenvalue weighted by molar-refractivity contribution is 6.37. The molecule has 3 unspecified atom stereocenters. The largest absolute Gasteiger partial charge is 0.363 e. The Morgan fingerprint density at radius 2 is 1.45 bits per heavy atom. The van der Waals surface area contributed by atoms with Crippen LogP contribution in [0.1, 0.15) is 123 Å². The molecule has 0 aromatic heterocycles. The Labute approximate surface area is 280 Å². The van der Waals surface area contributed by atoms with Crippen molar-refractivity contribution in [2.75, 3.05) is 6.54 Å². The number of Topliss-reactive ketones (excluding diaryl/α,β-unsaturated/α-hetero) is 1. The maximum absolute atomic E-state index is 14.0. The molecule has 0 bridgehead atoms. The van der Waals surface area contributed by atoms with Gasteiger partial charge in [0.15, 0.2) is 0 Å². The number of amides is 5. The van der Waals surface area contributed by atoms with Crippen molar-refractivity contribution in [1.29, 1.82) is 0 Å². The van der Waals surface area contributed by atoms with Crippen molar-refractivity contribution in [3.05, 3.63) is 35.9 Å². The van der Waals surface area contributed by atoms with Crippen molar-refractivity contribution in [3.63, 3.8) is 0 Å². The van der Waals surface area contributed by atoms with Crippen LogP contribution in [-0.4, -0.2) is 64.6 Å². The van der Waals surface area contributed by atoms with Gasteiger partial charge in [0.1, 0.15) is 12.1 Å². The van der Waals surface area contributed by atoms with Gasteiger partial charge in [0.2, 0.25) is 17.6 Å². The Balaban J connectivity index is 0.000000912. The number of benzene rings is 1. The summed E-state index contributed by atoms with van der Waals surface area (Å²) in [7, 11) is 0. The van der Waals surface area contributed by atoms with Gasteiger partial charge >= 0.3 is 6.03 Å². The molecule has 5 rings (SSSR count). The third kappa shape index (κ3) is 10.8. The molecule has 1 aromatic rings. The van der Waals surface area contributed by atoms with Crippen molar-refractivity contribution in [3.8, 4) is 0 Å². The van der Waals surface area contributed by atoms with Crippen LogP contribution in [0.2, 0.25) is 0 Å². The minimum Gasteiger partial charge on any atom is -0.363 e. The van der Waals surface area contributed by atoms with Gasteiger partial charge in [-0.15, -0.1) is 0 Å². The number of ketones is 1. The van der Waals surface area contributed by atoms with Gasteiger partial charge in [-0.3, -0.25) is 19.2 Å². The second-order valence-electron chi connectivity index (χ2n) is 15.3. The van der Waals surface area contributed by atoms with Crippen molar-refractivity contribution in [2.45, 2.75) is 147 Å². The Hall–Kier alpha value is -3.43. The van der Waals surface area contributed by atoms with Gasteiger partial charge < -0.3 is 26.6 Å². The molecule has 3 aliphatic carbocycles. The fourth-order valence-corrected chi connectivity index (χ4v) is 7.33. The highest BCUT2D eigenvalue weighted by atomic mass is 16.2. The van der Waals surface area contributed by atoms with Crippen LogP contribution >= 0.6 is 0 Å².